The van der Waals surface area contributed by atoms with Gasteiger partial charge in [-0.25, -0.2) is 4.39 Å². The van der Waals surface area contributed by atoms with E-state index in [0.717, 1.165) is 25.9 Å². The maximum atomic E-state index is 14.1. The van der Waals surface area contributed by atoms with Crippen molar-refractivity contribution < 1.29 is 4.39 Å². The van der Waals surface area contributed by atoms with Crippen molar-refractivity contribution in [3.8, 4) is 0 Å². The molecular weight excluding hydrogens is 165 g/mol. The van der Waals surface area contributed by atoms with E-state index >= 15 is 0 Å². The average Bonchev–Trinajstić information content (AvgIpc) is 2.02. The molecule has 1 nitrogen and oxygen atoms in total. The fraction of sp³-hybridized carbons (Fsp3) is 1.00. The quantitative estimate of drug-likeness (QED) is 0.701. The Labute approximate surface area is 81.1 Å². The molecule has 1 N–H and O–H groups in total. The van der Waals surface area contributed by atoms with Crippen molar-refractivity contribution in [2.45, 2.75) is 52.1 Å². The highest BCUT2D eigenvalue weighted by Crippen LogP contribution is 2.33. The molecular formula is C11H22FN. The lowest BCUT2D eigenvalue weighted by atomic mass is 9.82. The number of rotatable bonds is 2. The summed E-state index contributed by atoms with van der Waals surface area (Å²) in [7, 11) is 0. The second-order valence-electron chi connectivity index (χ2n) is 5.46. The van der Waals surface area contributed by atoms with Crippen molar-refractivity contribution in [2.75, 3.05) is 13.1 Å². The number of alkyl halides is 1. The fourth-order valence-electron chi connectivity index (χ4n) is 1.72. The number of halogens is 1. The fourth-order valence-corrected chi connectivity index (χ4v) is 1.72. The molecule has 0 aromatic rings. The van der Waals surface area contributed by atoms with Gasteiger partial charge in [0.25, 0.3) is 0 Å². The van der Waals surface area contributed by atoms with E-state index in [0.29, 0.717) is 12.8 Å². The van der Waals surface area contributed by atoms with Gasteiger partial charge in [0.1, 0.15) is 5.67 Å². The number of hydrogen-bond donors (Lipinski definition) is 1. The average molecular weight is 187 g/mol. The molecule has 1 rings (SSSR count). The van der Waals surface area contributed by atoms with Gasteiger partial charge in [-0.15, -0.1) is 0 Å². The Balaban J connectivity index is 2.33. The first-order valence-electron chi connectivity index (χ1n) is 5.31. The Morgan fingerprint density at radius 3 is 2.23 bits per heavy atom. The Morgan fingerprint density at radius 1 is 1.23 bits per heavy atom. The summed E-state index contributed by atoms with van der Waals surface area (Å²) in [5.74, 6) is 0. The standard InChI is InChI=1S/C11H22FN/c1-10(2,3)4-5-11(12)6-8-13-9-7-11/h13H,4-9H2,1-3H3. The first kappa shape index (κ1) is 11.0. The number of nitrogens with one attached hydrogen (secondary N) is 1. The third-order valence-electron chi connectivity index (χ3n) is 2.82. The summed E-state index contributed by atoms with van der Waals surface area (Å²) in [5, 5.41) is 3.20. The van der Waals surface area contributed by atoms with Crippen LogP contribution < -0.4 is 5.32 Å². The smallest absolute Gasteiger partial charge is 0.113 e. The molecule has 0 aromatic heterocycles. The lowest BCUT2D eigenvalue weighted by molar-refractivity contribution is 0.0888. The molecule has 2 heteroatoms. The Hall–Kier alpha value is -0.110. The van der Waals surface area contributed by atoms with Gasteiger partial charge in [-0.3, -0.25) is 0 Å². The largest absolute Gasteiger partial charge is 0.316 e. The van der Waals surface area contributed by atoms with Gasteiger partial charge in [0.2, 0.25) is 0 Å². The maximum absolute atomic E-state index is 14.1. The monoisotopic (exact) mass is 187 g/mol. The number of hydrogen-bond acceptors (Lipinski definition) is 1. The Morgan fingerprint density at radius 2 is 1.77 bits per heavy atom. The molecule has 1 aliphatic rings. The normalized spacial score (nSPS) is 23.1. The van der Waals surface area contributed by atoms with Crippen molar-refractivity contribution in [3.05, 3.63) is 0 Å². The molecule has 1 aliphatic heterocycles. The highest BCUT2D eigenvalue weighted by molar-refractivity contribution is 4.85. The van der Waals surface area contributed by atoms with Gasteiger partial charge in [0.15, 0.2) is 0 Å². The van der Waals surface area contributed by atoms with E-state index < -0.39 is 5.67 Å². The molecule has 0 aromatic carbocycles. The summed E-state index contributed by atoms with van der Waals surface area (Å²) in [6.45, 7) is 8.23. The summed E-state index contributed by atoms with van der Waals surface area (Å²) in [6, 6.07) is 0. The summed E-state index contributed by atoms with van der Waals surface area (Å²) in [6.07, 6.45) is 3.12. The summed E-state index contributed by atoms with van der Waals surface area (Å²) >= 11 is 0. The van der Waals surface area contributed by atoms with E-state index in [-0.39, 0.29) is 5.41 Å². The van der Waals surface area contributed by atoms with E-state index in [1.54, 1.807) is 0 Å². The third kappa shape index (κ3) is 4.08. The Bertz CT molecular complexity index is 154. The molecule has 78 valence electrons. The first-order chi connectivity index (χ1) is 5.91. The molecule has 1 fully saturated rings. The van der Waals surface area contributed by atoms with Crippen LogP contribution >= 0.6 is 0 Å². The van der Waals surface area contributed by atoms with Crippen LogP contribution in [0, 0.1) is 5.41 Å². The highest BCUT2D eigenvalue weighted by atomic mass is 19.1. The topological polar surface area (TPSA) is 12.0 Å². The van der Waals surface area contributed by atoms with E-state index in [2.05, 4.69) is 26.1 Å². The van der Waals surface area contributed by atoms with E-state index in [9.17, 15) is 4.39 Å². The molecule has 0 spiro atoms. The van der Waals surface area contributed by atoms with Gasteiger partial charge in [-0.05, 0) is 44.2 Å². The van der Waals surface area contributed by atoms with Gasteiger partial charge in [-0.2, -0.15) is 0 Å². The van der Waals surface area contributed by atoms with Crippen LogP contribution in [0.3, 0.4) is 0 Å². The van der Waals surface area contributed by atoms with Gasteiger partial charge in [0, 0.05) is 0 Å². The lowest BCUT2D eigenvalue weighted by Crippen LogP contribution is -2.39. The maximum Gasteiger partial charge on any atom is 0.113 e. The van der Waals surface area contributed by atoms with Crippen LogP contribution in [0.25, 0.3) is 0 Å². The Kier molecular flexibility index (Phi) is 3.33. The molecule has 0 saturated carbocycles. The van der Waals surface area contributed by atoms with Crippen molar-refractivity contribution in [1.82, 2.24) is 5.32 Å². The minimum atomic E-state index is -0.876. The molecule has 0 aliphatic carbocycles. The van der Waals surface area contributed by atoms with E-state index in [1.165, 1.54) is 0 Å². The zero-order chi connectivity index (χ0) is 9.95. The van der Waals surface area contributed by atoms with Crippen LogP contribution in [0.2, 0.25) is 0 Å². The van der Waals surface area contributed by atoms with Crippen molar-refractivity contribution in [2.24, 2.45) is 5.41 Å². The van der Waals surface area contributed by atoms with Crippen molar-refractivity contribution in [1.29, 1.82) is 0 Å². The van der Waals surface area contributed by atoms with Crippen LogP contribution in [0.4, 0.5) is 4.39 Å². The van der Waals surface area contributed by atoms with Crippen molar-refractivity contribution >= 4 is 0 Å². The van der Waals surface area contributed by atoms with Crippen LogP contribution in [0.1, 0.15) is 46.5 Å². The minimum absolute atomic E-state index is 0.268. The molecule has 0 bridgehead atoms. The predicted molar refractivity (Wildman–Crippen MR) is 54.6 cm³/mol. The minimum Gasteiger partial charge on any atom is -0.316 e. The molecule has 0 amide bonds. The summed E-state index contributed by atoms with van der Waals surface area (Å²) in [5.41, 5.74) is -0.609. The van der Waals surface area contributed by atoms with Crippen molar-refractivity contribution in [3.63, 3.8) is 0 Å². The lowest BCUT2D eigenvalue weighted by Gasteiger charge is -2.32. The summed E-state index contributed by atoms with van der Waals surface area (Å²) in [4.78, 5) is 0. The van der Waals surface area contributed by atoms with E-state index in [4.69, 9.17) is 0 Å². The summed E-state index contributed by atoms with van der Waals surface area (Å²) < 4.78 is 14.1. The third-order valence-corrected chi connectivity index (χ3v) is 2.82. The SMILES string of the molecule is CC(C)(C)CCC1(F)CCNCC1. The highest BCUT2D eigenvalue weighted by Gasteiger charge is 2.32. The molecule has 1 saturated heterocycles. The second-order valence-corrected chi connectivity index (χ2v) is 5.46. The molecule has 1 heterocycles. The predicted octanol–water partition coefficient (Wildman–Crippen LogP) is 2.90. The molecule has 0 unspecified atom stereocenters. The van der Waals surface area contributed by atoms with E-state index in [1.807, 2.05) is 0 Å². The van der Waals surface area contributed by atoms with Crippen LogP contribution in [0.5, 0.6) is 0 Å². The molecule has 0 radical (unpaired) electrons. The first-order valence-corrected chi connectivity index (χ1v) is 5.31. The van der Waals surface area contributed by atoms with Crippen LogP contribution in [-0.2, 0) is 0 Å². The second kappa shape index (κ2) is 3.95. The van der Waals surface area contributed by atoms with Gasteiger partial charge in [-0.1, -0.05) is 20.8 Å². The zero-order valence-corrected chi connectivity index (χ0v) is 9.12. The van der Waals surface area contributed by atoms with Gasteiger partial charge in [0.05, 0.1) is 0 Å². The molecule has 13 heavy (non-hydrogen) atoms. The van der Waals surface area contributed by atoms with Crippen LogP contribution in [-0.4, -0.2) is 18.8 Å². The zero-order valence-electron chi connectivity index (χ0n) is 9.12. The number of piperidine rings is 1. The van der Waals surface area contributed by atoms with Crippen LogP contribution in [0.15, 0.2) is 0 Å². The van der Waals surface area contributed by atoms with Gasteiger partial charge < -0.3 is 5.32 Å². The van der Waals surface area contributed by atoms with Gasteiger partial charge >= 0.3 is 0 Å². The molecule has 0 atom stereocenters.